The first-order valence-corrected chi connectivity index (χ1v) is 7.41. The van der Waals surface area contributed by atoms with Crippen molar-refractivity contribution >= 4 is 9.84 Å². The molecule has 6 heteroatoms. The number of hydrogen-bond acceptors (Lipinski definition) is 5. The van der Waals surface area contributed by atoms with Crippen molar-refractivity contribution in [1.29, 1.82) is 0 Å². The van der Waals surface area contributed by atoms with Crippen molar-refractivity contribution in [2.45, 2.75) is 11.5 Å². The van der Waals surface area contributed by atoms with Gasteiger partial charge in [-0.1, -0.05) is 6.07 Å². The average molecular weight is 279 g/mol. The summed E-state index contributed by atoms with van der Waals surface area (Å²) in [6, 6.07) is 7.80. The van der Waals surface area contributed by atoms with Gasteiger partial charge in [-0.05, 0) is 24.3 Å². The van der Waals surface area contributed by atoms with Crippen LogP contribution in [0.4, 0.5) is 0 Å². The summed E-state index contributed by atoms with van der Waals surface area (Å²) in [5.41, 5.74) is 0.534. The number of sulfone groups is 1. The molecular formula is C13H13NO4S. The third-order valence-electron chi connectivity index (χ3n) is 2.49. The number of ether oxygens (including phenoxy) is 1. The number of benzene rings is 1. The molecule has 0 spiro atoms. The fourth-order valence-corrected chi connectivity index (χ4v) is 2.18. The quantitative estimate of drug-likeness (QED) is 0.923. The minimum atomic E-state index is -3.28. The number of pyridine rings is 1. The van der Waals surface area contributed by atoms with E-state index >= 15 is 0 Å². The topological polar surface area (TPSA) is 76.5 Å². The van der Waals surface area contributed by atoms with Gasteiger partial charge >= 0.3 is 0 Å². The lowest BCUT2D eigenvalue weighted by molar-refractivity contribution is 0.276. The Morgan fingerprint density at radius 3 is 2.79 bits per heavy atom. The van der Waals surface area contributed by atoms with Gasteiger partial charge < -0.3 is 9.84 Å². The lowest BCUT2D eigenvalue weighted by Gasteiger charge is -2.09. The van der Waals surface area contributed by atoms with Crippen molar-refractivity contribution in [3.05, 3.63) is 48.3 Å². The van der Waals surface area contributed by atoms with E-state index in [1.54, 1.807) is 18.2 Å². The van der Waals surface area contributed by atoms with E-state index < -0.39 is 9.84 Å². The molecule has 0 fully saturated rings. The largest absolute Gasteiger partial charge is 0.457 e. The van der Waals surface area contributed by atoms with Gasteiger partial charge in [0.1, 0.15) is 11.5 Å². The number of nitrogens with zero attached hydrogens (tertiary/aromatic N) is 1. The van der Waals surface area contributed by atoms with Crippen LogP contribution in [0.25, 0.3) is 0 Å². The van der Waals surface area contributed by atoms with E-state index in [4.69, 9.17) is 9.84 Å². The minimum Gasteiger partial charge on any atom is -0.457 e. The highest BCUT2D eigenvalue weighted by Crippen LogP contribution is 2.26. The molecule has 0 radical (unpaired) electrons. The average Bonchev–Trinajstić information content (AvgIpc) is 2.39. The van der Waals surface area contributed by atoms with Crippen molar-refractivity contribution in [1.82, 2.24) is 4.98 Å². The van der Waals surface area contributed by atoms with E-state index in [0.717, 1.165) is 6.26 Å². The van der Waals surface area contributed by atoms with Gasteiger partial charge in [0.2, 0.25) is 0 Å². The molecule has 1 heterocycles. The maximum atomic E-state index is 11.5. The molecule has 19 heavy (non-hydrogen) atoms. The van der Waals surface area contributed by atoms with Crippen molar-refractivity contribution in [2.75, 3.05) is 6.26 Å². The molecule has 5 nitrogen and oxygen atoms in total. The van der Waals surface area contributed by atoms with Gasteiger partial charge in [-0.15, -0.1) is 0 Å². The van der Waals surface area contributed by atoms with E-state index in [-0.39, 0.29) is 11.5 Å². The van der Waals surface area contributed by atoms with Gasteiger partial charge in [-0.3, -0.25) is 4.98 Å². The van der Waals surface area contributed by atoms with Crippen molar-refractivity contribution < 1.29 is 18.3 Å². The zero-order valence-corrected chi connectivity index (χ0v) is 11.1. The van der Waals surface area contributed by atoms with Crippen molar-refractivity contribution in [3.63, 3.8) is 0 Å². The zero-order valence-electron chi connectivity index (χ0n) is 10.3. The summed E-state index contributed by atoms with van der Waals surface area (Å²) in [7, 11) is -3.28. The summed E-state index contributed by atoms with van der Waals surface area (Å²) < 4.78 is 28.5. The molecule has 0 saturated carbocycles. The van der Waals surface area contributed by atoms with Crippen LogP contribution in [0.2, 0.25) is 0 Å². The zero-order chi connectivity index (χ0) is 13.9. The van der Waals surface area contributed by atoms with Gasteiger partial charge in [0.25, 0.3) is 0 Å². The lowest BCUT2D eigenvalue weighted by atomic mass is 10.2. The molecule has 0 atom stereocenters. The third kappa shape index (κ3) is 3.30. The van der Waals surface area contributed by atoms with Crippen LogP contribution in [0.1, 0.15) is 5.56 Å². The fourth-order valence-electron chi connectivity index (χ4n) is 1.53. The minimum absolute atomic E-state index is 0.185. The van der Waals surface area contributed by atoms with Gasteiger partial charge in [0.15, 0.2) is 9.84 Å². The van der Waals surface area contributed by atoms with E-state index in [1.165, 1.54) is 24.5 Å². The molecule has 0 unspecified atom stereocenters. The van der Waals surface area contributed by atoms with Crippen LogP contribution < -0.4 is 4.74 Å². The normalized spacial score (nSPS) is 11.3. The van der Waals surface area contributed by atoms with Gasteiger partial charge in [-0.25, -0.2) is 8.42 Å². The summed E-state index contributed by atoms with van der Waals surface area (Å²) in [6.45, 7) is -0.199. The molecule has 1 aromatic heterocycles. The molecule has 100 valence electrons. The molecule has 1 N–H and O–H groups in total. The van der Waals surface area contributed by atoms with E-state index in [1.807, 2.05) is 0 Å². The summed E-state index contributed by atoms with van der Waals surface area (Å²) >= 11 is 0. The first-order chi connectivity index (χ1) is 9.00. The molecule has 0 aliphatic rings. The maximum Gasteiger partial charge on any atom is 0.175 e. The highest BCUT2D eigenvalue weighted by atomic mass is 32.2. The fraction of sp³-hybridized carbons (Fsp3) is 0.154. The second-order valence-corrected chi connectivity index (χ2v) is 6.01. The second-order valence-electron chi connectivity index (χ2n) is 3.99. The smallest absolute Gasteiger partial charge is 0.175 e. The third-order valence-corrected chi connectivity index (χ3v) is 3.60. The monoisotopic (exact) mass is 279 g/mol. The van der Waals surface area contributed by atoms with Crippen LogP contribution in [0, 0.1) is 0 Å². The van der Waals surface area contributed by atoms with Crippen LogP contribution >= 0.6 is 0 Å². The Morgan fingerprint density at radius 1 is 1.32 bits per heavy atom. The van der Waals surface area contributed by atoms with Crippen LogP contribution in [-0.4, -0.2) is 24.8 Å². The molecule has 0 aliphatic heterocycles. The molecule has 0 saturated heterocycles. The van der Waals surface area contributed by atoms with Crippen LogP contribution in [0.5, 0.6) is 11.5 Å². The first kappa shape index (κ1) is 13.5. The Kier molecular flexibility index (Phi) is 3.82. The van der Waals surface area contributed by atoms with E-state index in [0.29, 0.717) is 17.1 Å². The van der Waals surface area contributed by atoms with E-state index in [9.17, 15) is 8.42 Å². The predicted octanol–water partition coefficient (Wildman–Crippen LogP) is 1.77. The Balaban J connectivity index is 2.34. The number of hydrogen-bond donors (Lipinski definition) is 1. The SMILES string of the molecule is CS(=O)(=O)c1cccc(Oc2ccncc2CO)c1. The molecule has 0 amide bonds. The van der Waals surface area contributed by atoms with Crippen molar-refractivity contribution in [2.24, 2.45) is 0 Å². The Labute approximate surface area is 111 Å². The summed E-state index contributed by atoms with van der Waals surface area (Å²) in [5.74, 6) is 0.840. The first-order valence-electron chi connectivity index (χ1n) is 5.52. The van der Waals surface area contributed by atoms with Crippen LogP contribution in [-0.2, 0) is 16.4 Å². The predicted molar refractivity (Wildman–Crippen MR) is 69.8 cm³/mol. The van der Waals surface area contributed by atoms with Crippen LogP contribution in [0.3, 0.4) is 0 Å². The molecule has 2 rings (SSSR count). The molecule has 0 aliphatic carbocycles. The maximum absolute atomic E-state index is 11.5. The Morgan fingerprint density at radius 2 is 2.11 bits per heavy atom. The molecule has 1 aromatic carbocycles. The summed E-state index contributed by atoms with van der Waals surface area (Å²) in [5, 5.41) is 9.16. The van der Waals surface area contributed by atoms with Crippen molar-refractivity contribution in [3.8, 4) is 11.5 Å². The highest BCUT2D eigenvalue weighted by Gasteiger charge is 2.09. The second kappa shape index (κ2) is 5.38. The van der Waals surface area contributed by atoms with Gasteiger partial charge in [-0.2, -0.15) is 0 Å². The number of aliphatic hydroxyl groups is 1. The Hall–Kier alpha value is -1.92. The van der Waals surface area contributed by atoms with Gasteiger partial charge in [0.05, 0.1) is 11.5 Å². The Bertz CT molecular complexity index is 683. The number of aromatic nitrogens is 1. The van der Waals surface area contributed by atoms with Gasteiger partial charge in [0, 0.05) is 24.2 Å². The molecule has 0 bridgehead atoms. The standard InChI is InChI=1S/C13H13NO4S/c1-19(16,17)12-4-2-3-11(7-12)18-13-5-6-14-8-10(13)9-15/h2-8,15H,9H2,1H3. The summed E-state index contributed by atoms with van der Waals surface area (Å²) in [6.07, 6.45) is 4.17. The summed E-state index contributed by atoms with van der Waals surface area (Å²) in [4.78, 5) is 4.06. The molecular weight excluding hydrogens is 266 g/mol. The number of rotatable bonds is 4. The highest BCUT2D eigenvalue weighted by molar-refractivity contribution is 7.90. The lowest BCUT2D eigenvalue weighted by Crippen LogP contribution is -1.98. The van der Waals surface area contributed by atoms with E-state index in [2.05, 4.69) is 4.98 Å². The molecule has 2 aromatic rings. The number of aliphatic hydroxyl groups excluding tert-OH is 1. The van der Waals surface area contributed by atoms with Crippen LogP contribution in [0.15, 0.2) is 47.6 Å².